The average Bonchev–Trinajstić information content (AvgIpc) is 2.73. The van der Waals surface area contributed by atoms with Gasteiger partial charge < -0.3 is 10.0 Å². The first kappa shape index (κ1) is 18.2. The lowest BCUT2D eigenvalue weighted by atomic mass is 9.83. The van der Waals surface area contributed by atoms with Crippen LogP contribution in [-0.4, -0.2) is 54.8 Å². The number of β-lactam (4-membered cyclic amide) rings is 1. The molecule has 2 rings (SSSR count). The molecule has 0 radical (unpaired) electrons. The van der Waals surface area contributed by atoms with Crippen LogP contribution in [0.4, 0.5) is 0 Å². The van der Waals surface area contributed by atoms with E-state index in [-0.39, 0.29) is 18.3 Å². The number of carboxylic acid groups (broad SMARTS) is 1. The summed E-state index contributed by atoms with van der Waals surface area (Å²) in [6.45, 7) is 4.82. The van der Waals surface area contributed by atoms with Gasteiger partial charge in [-0.25, -0.2) is 13.2 Å². The monoisotopic (exact) mass is 365 g/mol. The van der Waals surface area contributed by atoms with Gasteiger partial charge in [0.25, 0.3) is 0 Å². The van der Waals surface area contributed by atoms with Crippen LogP contribution in [0.3, 0.4) is 0 Å². The highest BCUT2D eigenvalue weighted by Gasteiger charge is 2.57. The Hall–Kier alpha value is -1.10. The molecule has 2 aliphatic heterocycles. The average molecular weight is 365 g/mol. The number of amides is 1. The van der Waals surface area contributed by atoms with Crippen molar-refractivity contribution in [2.24, 2.45) is 5.92 Å². The summed E-state index contributed by atoms with van der Waals surface area (Å²) < 4.78 is 32.5. The highest BCUT2D eigenvalue weighted by molar-refractivity contribution is 8.03. The van der Waals surface area contributed by atoms with Gasteiger partial charge in [0.1, 0.15) is 5.70 Å². The van der Waals surface area contributed by atoms with Crippen molar-refractivity contribution in [2.45, 2.75) is 39.3 Å². The third kappa shape index (κ3) is 3.39. The Morgan fingerprint density at radius 1 is 1.48 bits per heavy atom. The van der Waals surface area contributed by atoms with E-state index < -0.39 is 34.3 Å². The zero-order chi connectivity index (χ0) is 17.4. The highest BCUT2D eigenvalue weighted by Crippen LogP contribution is 2.47. The molecule has 2 heterocycles. The molecule has 8 nitrogen and oxygen atoms in total. The van der Waals surface area contributed by atoms with Gasteiger partial charge in [0.05, 0.1) is 24.7 Å². The summed E-state index contributed by atoms with van der Waals surface area (Å²) in [6, 6.07) is -0.380. The van der Waals surface area contributed by atoms with E-state index in [9.17, 15) is 23.1 Å². The second kappa shape index (κ2) is 6.80. The van der Waals surface area contributed by atoms with Crippen LogP contribution < -0.4 is 0 Å². The molecular formula is C13H19NO7S2. The number of thioether (sulfide) groups is 1. The van der Waals surface area contributed by atoms with Crippen molar-refractivity contribution in [3.8, 4) is 0 Å². The van der Waals surface area contributed by atoms with Crippen LogP contribution in [0.5, 0.6) is 0 Å². The Morgan fingerprint density at radius 2 is 2.13 bits per heavy atom. The van der Waals surface area contributed by atoms with Crippen molar-refractivity contribution in [1.29, 1.82) is 0 Å². The third-order valence-corrected chi connectivity index (χ3v) is 5.79. The maximum Gasteiger partial charge on any atom is 0.400 e. The molecule has 0 aliphatic carbocycles. The fraction of sp³-hybridized carbons (Fsp3) is 0.692. The van der Waals surface area contributed by atoms with Gasteiger partial charge in [-0.3, -0.25) is 4.79 Å². The smallest absolute Gasteiger partial charge is 0.400 e. The second-order valence-electron chi connectivity index (χ2n) is 5.13. The summed E-state index contributed by atoms with van der Waals surface area (Å²) in [5.74, 6) is -1.59. The van der Waals surface area contributed by atoms with Gasteiger partial charge in [-0.05, 0) is 19.6 Å². The Bertz CT molecular complexity index is 643. The van der Waals surface area contributed by atoms with Crippen LogP contribution in [0.2, 0.25) is 0 Å². The summed E-state index contributed by atoms with van der Waals surface area (Å²) in [4.78, 5) is 25.6. The van der Waals surface area contributed by atoms with Crippen molar-refractivity contribution in [1.82, 2.24) is 4.90 Å². The number of aliphatic carboxylic acids is 1. The van der Waals surface area contributed by atoms with Crippen molar-refractivity contribution in [2.75, 3.05) is 12.4 Å². The minimum Gasteiger partial charge on any atom is -0.477 e. The minimum atomic E-state index is -4.16. The lowest BCUT2D eigenvalue weighted by Crippen LogP contribution is -2.62. The molecule has 0 aromatic heterocycles. The van der Waals surface area contributed by atoms with Gasteiger partial charge >= 0.3 is 16.4 Å². The number of rotatable bonds is 8. The molecule has 0 aromatic carbocycles. The van der Waals surface area contributed by atoms with E-state index >= 15 is 0 Å². The van der Waals surface area contributed by atoms with Crippen molar-refractivity contribution in [3.05, 3.63) is 10.6 Å². The Kier molecular flexibility index (Phi) is 5.39. The number of carboxylic acids is 1. The lowest BCUT2D eigenvalue weighted by molar-refractivity contribution is -0.160. The predicted molar refractivity (Wildman–Crippen MR) is 82.6 cm³/mol. The first-order chi connectivity index (χ1) is 10.7. The van der Waals surface area contributed by atoms with Crippen LogP contribution in [-0.2, 0) is 28.4 Å². The quantitative estimate of drug-likeness (QED) is 0.633. The largest absolute Gasteiger partial charge is 0.477 e. The molecule has 130 valence electrons. The van der Waals surface area contributed by atoms with Gasteiger partial charge in [0.15, 0.2) is 0 Å². The molecule has 2 aliphatic rings. The number of carbonyl (C=O) groups excluding carboxylic acids is 1. The van der Waals surface area contributed by atoms with E-state index in [1.807, 2.05) is 6.92 Å². The van der Waals surface area contributed by atoms with Crippen LogP contribution >= 0.6 is 11.8 Å². The molecule has 1 amide bonds. The molecule has 3 atom stereocenters. The Labute approximate surface area is 139 Å². The van der Waals surface area contributed by atoms with E-state index in [1.54, 1.807) is 0 Å². The fourth-order valence-electron chi connectivity index (χ4n) is 2.94. The van der Waals surface area contributed by atoms with Crippen LogP contribution in [0.15, 0.2) is 10.6 Å². The number of fused-ring (bicyclic) bond motifs is 1. The summed E-state index contributed by atoms with van der Waals surface area (Å²) in [5.41, 5.74) is 0.00275. The predicted octanol–water partition coefficient (Wildman–Crippen LogP) is 0.953. The normalized spacial score (nSPS) is 25.3. The summed E-state index contributed by atoms with van der Waals surface area (Å²) in [6.07, 6.45) is -0.514. The molecule has 0 aromatic rings. The SMILES string of the molecule is CCOS(=O)(=O)O[C@@H](C)[C@@H]1C(=O)N2C(C(=O)O)=C(SCC)C[C@H]12. The van der Waals surface area contributed by atoms with Crippen molar-refractivity contribution < 1.29 is 31.5 Å². The maximum absolute atomic E-state index is 12.3. The van der Waals surface area contributed by atoms with Crippen LogP contribution in [0.1, 0.15) is 27.2 Å². The van der Waals surface area contributed by atoms with E-state index in [0.717, 1.165) is 0 Å². The van der Waals surface area contributed by atoms with Gasteiger partial charge in [-0.2, -0.15) is 8.42 Å². The standard InChI is InChI=1S/C13H19NO7S2/c1-4-20-23(18,19)21-7(3)10-8-6-9(22-5-2)11(13(16)17)14(8)12(10)15/h7-8,10H,4-6H2,1-3H3,(H,16,17)/t7-,8+,10-/m0/s1. The lowest BCUT2D eigenvalue weighted by Gasteiger charge is -2.45. The first-order valence-electron chi connectivity index (χ1n) is 7.23. The van der Waals surface area contributed by atoms with Gasteiger partial charge in [-0.1, -0.05) is 6.92 Å². The number of nitrogens with zero attached hydrogens (tertiary/aromatic N) is 1. The third-order valence-electron chi connectivity index (χ3n) is 3.73. The Balaban J connectivity index is 2.14. The van der Waals surface area contributed by atoms with Crippen LogP contribution in [0, 0.1) is 5.92 Å². The number of hydrogen-bond donors (Lipinski definition) is 1. The van der Waals surface area contributed by atoms with E-state index in [0.29, 0.717) is 17.1 Å². The van der Waals surface area contributed by atoms with Gasteiger partial charge in [0, 0.05) is 11.3 Å². The van der Waals surface area contributed by atoms with Gasteiger partial charge in [-0.15, -0.1) is 11.8 Å². The fourth-order valence-corrected chi connectivity index (χ4v) is 4.73. The number of carbonyl (C=O) groups is 2. The Morgan fingerprint density at radius 3 is 2.65 bits per heavy atom. The van der Waals surface area contributed by atoms with E-state index in [4.69, 9.17) is 4.18 Å². The van der Waals surface area contributed by atoms with Gasteiger partial charge in [0.2, 0.25) is 5.91 Å². The molecule has 23 heavy (non-hydrogen) atoms. The summed E-state index contributed by atoms with van der Waals surface area (Å²) in [7, 11) is -4.16. The molecule has 0 spiro atoms. The zero-order valence-electron chi connectivity index (χ0n) is 13.0. The van der Waals surface area contributed by atoms with E-state index in [2.05, 4.69) is 4.18 Å². The summed E-state index contributed by atoms with van der Waals surface area (Å²) >= 11 is 1.38. The molecule has 10 heteroatoms. The zero-order valence-corrected chi connectivity index (χ0v) is 14.6. The van der Waals surface area contributed by atoms with Crippen LogP contribution in [0.25, 0.3) is 0 Å². The molecule has 1 saturated heterocycles. The maximum atomic E-state index is 12.3. The second-order valence-corrected chi connectivity index (χ2v) is 7.74. The minimum absolute atomic E-state index is 0.00275. The van der Waals surface area contributed by atoms with E-state index in [1.165, 1.54) is 30.5 Å². The van der Waals surface area contributed by atoms with Crippen molar-refractivity contribution >= 4 is 34.0 Å². The topological polar surface area (TPSA) is 110 Å². The molecule has 1 fully saturated rings. The summed E-state index contributed by atoms with van der Waals surface area (Å²) in [5, 5.41) is 9.32. The molecule has 0 saturated carbocycles. The highest BCUT2D eigenvalue weighted by atomic mass is 32.3. The molecular weight excluding hydrogens is 346 g/mol. The molecule has 0 unspecified atom stereocenters. The van der Waals surface area contributed by atoms with Crippen molar-refractivity contribution in [3.63, 3.8) is 0 Å². The molecule has 1 N–H and O–H groups in total. The molecule has 0 bridgehead atoms. The first-order valence-corrected chi connectivity index (χ1v) is 9.55. The number of hydrogen-bond acceptors (Lipinski definition) is 7.